The molecule has 5 nitrogen and oxygen atoms in total. The van der Waals surface area contributed by atoms with Crippen molar-refractivity contribution in [2.75, 3.05) is 13.1 Å². The normalized spacial score (nSPS) is 27.0. The number of hydrogen-bond acceptors (Lipinski definition) is 3. The Morgan fingerprint density at radius 2 is 1.96 bits per heavy atom. The summed E-state index contributed by atoms with van der Waals surface area (Å²) >= 11 is 0. The minimum atomic E-state index is 0.0155. The molecule has 1 aromatic rings. The third kappa shape index (κ3) is 3.01. The number of carbonyl (C=O) groups is 1. The van der Waals surface area contributed by atoms with E-state index in [1.54, 1.807) is 10.7 Å². The Morgan fingerprint density at radius 3 is 2.71 bits per heavy atom. The van der Waals surface area contributed by atoms with Crippen molar-refractivity contribution in [1.29, 1.82) is 0 Å². The summed E-state index contributed by atoms with van der Waals surface area (Å²) in [4.78, 5) is 26.7. The highest BCUT2D eigenvalue weighted by Crippen LogP contribution is 2.31. The number of aromatic nitrogens is 2. The van der Waals surface area contributed by atoms with E-state index in [-0.39, 0.29) is 11.5 Å². The number of nitrogens with zero attached hydrogens (tertiary/aromatic N) is 3. The van der Waals surface area contributed by atoms with Crippen molar-refractivity contribution < 1.29 is 4.79 Å². The summed E-state index contributed by atoms with van der Waals surface area (Å²) in [6.45, 7) is 4.51. The summed E-state index contributed by atoms with van der Waals surface area (Å²) in [6, 6.07) is 1.76. The largest absolute Gasteiger partial charge is 0.342 e. The lowest BCUT2D eigenvalue weighted by Crippen LogP contribution is -2.54. The molecule has 2 fully saturated rings. The van der Waals surface area contributed by atoms with Crippen LogP contribution < -0.4 is 5.56 Å². The Labute approximate surface area is 143 Å². The molecule has 1 aromatic heterocycles. The molecule has 1 saturated carbocycles. The van der Waals surface area contributed by atoms with E-state index >= 15 is 0 Å². The predicted molar refractivity (Wildman–Crippen MR) is 91.7 cm³/mol. The van der Waals surface area contributed by atoms with Gasteiger partial charge in [0, 0.05) is 31.0 Å². The maximum absolute atomic E-state index is 12.5. The summed E-state index contributed by atoms with van der Waals surface area (Å²) < 4.78 is 1.62. The van der Waals surface area contributed by atoms with Gasteiger partial charge in [-0.3, -0.25) is 9.59 Å². The lowest BCUT2D eigenvalue weighted by atomic mass is 9.81. The molecule has 1 saturated heterocycles. The van der Waals surface area contributed by atoms with E-state index in [0.29, 0.717) is 18.4 Å². The number of aryl methyl sites for hydroxylation is 2. The lowest BCUT2D eigenvalue weighted by molar-refractivity contribution is -0.143. The minimum Gasteiger partial charge on any atom is -0.342 e. The molecule has 130 valence electrons. The first-order valence-electron chi connectivity index (χ1n) is 9.49. The molecule has 4 rings (SSSR count). The van der Waals surface area contributed by atoms with Crippen LogP contribution in [0, 0.1) is 17.8 Å². The first-order chi connectivity index (χ1) is 11.6. The van der Waals surface area contributed by atoms with E-state index in [1.165, 1.54) is 12.8 Å². The summed E-state index contributed by atoms with van der Waals surface area (Å²) in [5.74, 6) is 1.73. The molecular weight excluding hydrogens is 302 g/mol. The Balaban J connectivity index is 1.32. The minimum absolute atomic E-state index is 0.0155. The molecule has 0 unspecified atom stereocenters. The second kappa shape index (κ2) is 6.34. The predicted octanol–water partition coefficient (Wildman–Crippen LogP) is 2.02. The zero-order valence-corrected chi connectivity index (χ0v) is 14.5. The van der Waals surface area contributed by atoms with Gasteiger partial charge in [-0.1, -0.05) is 6.92 Å². The van der Waals surface area contributed by atoms with Crippen LogP contribution in [0.15, 0.2) is 10.9 Å². The van der Waals surface area contributed by atoms with Gasteiger partial charge in [0.15, 0.2) is 0 Å². The van der Waals surface area contributed by atoms with Gasteiger partial charge in [0.25, 0.3) is 5.56 Å². The van der Waals surface area contributed by atoms with E-state index in [4.69, 9.17) is 0 Å². The fourth-order valence-electron chi connectivity index (χ4n) is 4.45. The van der Waals surface area contributed by atoms with Crippen LogP contribution >= 0.6 is 0 Å². The van der Waals surface area contributed by atoms with Crippen molar-refractivity contribution in [3.8, 4) is 0 Å². The number of amides is 1. The molecule has 0 radical (unpaired) electrons. The highest BCUT2D eigenvalue weighted by molar-refractivity contribution is 5.79. The van der Waals surface area contributed by atoms with E-state index in [1.807, 2.05) is 4.90 Å². The quantitative estimate of drug-likeness (QED) is 0.852. The standard InChI is InChI=1S/C19H27N3O2/c1-13-5-7-15(8-6-13)19(24)21-10-14(11-21)12-22-18(23)9-16-3-2-4-17(16)20-22/h9,13-15H,2-8,10-12H2,1H3. The topological polar surface area (TPSA) is 55.2 Å². The molecule has 5 heteroatoms. The number of rotatable bonds is 3. The van der Waals surface area contributed by atoms with Gasteiger partial charge in [0.1, 0.15) is 0 Å². The van der Waals surface area contributed by atoms with Crippen molar-refractivity contribution in [3.63, 3.8) is 0 Å². The van der Waals surface area contributed by atoms with Crippen molar-refractivity contribution in [2.45, 2.75) is 58.4 Å². The van der Waals surface area contributed by atoms with Crippen LogP contribution in [0.5, 0.6) is 0 Å². The Morgan fingerprint density at radius 1 is 1.21 bits per heavy atom. The molecule has 1 amide bonds. The van der Waals surface area contributed by atoms with Gasteiger partial charge in [0.05, 0.1) is 12.2 Å². The van der Waals surface area contributed by atoms with Gasteiger partial charge in [-0.05, 0) is 56.4 Å². The fourth-order valence-corrected chi connectivity index (χ4v) is 4.45. The number of fused-ring (bicyclic) bond motifs is 1. The zero-order valence-electron chi connectivity index (χ0n) is 14.5. The van der Waals surface area contributed by atoms with Crippen LogP contribution in [-0.2, 0) is 24.2 Å². The molecule has 3 aliphatic rings. The van der Waals surface area contributed by atoms with Crippen LogP contribution in [-0.4, -0.2) is 33.7 Å². The molecule has 0 bridgehead atoms. The highest BCUT2D eigenvalue weighted by Gasteiger charge is 2.36. The van der Waals surface area contributed by atoms with E-state index in [0.717, 1.165) is 62.4 Å². The third-order valence-corrected chi connectivity index (χ3v) is 6.09. The molecule has 0 N–H and O–H groups in total. The molecule has 0 spiro atoms. The van der Waals surface area contributed by atoms with Crippen LogP contribution in [0.1, 0.15) is 50.3 Å². The van der Waals surface area contributed by atoms with Crippen LogP contribution in [0.2, 0.25) is 0 Å². The Bertz CT molecular complexity index is 682. The monoisotopic (exact) mass is 329 g/mol. The average Bonchev–Trinajstić information content (AvgIpc) is 2.97. The van der Waals surface area contributed by atoms with Gasteiger partial charge < -0.3 is 4.90 Å². The second-order valence-corrected chi connectivity index (χ2v) is 8.06. The zero-order chi connectivity index (χ0) is 16.7. The molecule has 2 heterocycles. The second-order valence-electron chi connectivity index (χ2n) is 8.06. The lowest BCUT2D eigenvalue weighted by Gasteiger charge is -2.42. The molecule has 0 aromatic carbocycles. The summed E-state index contributed by atoms with van der Waals surface area (Å²) in [5.41, 5.74) is 2.24. The van der Waals surface area contributed by atoms with Crippen molar-refractivity contribution in [3.05, 3.63) is 27.7 Å². The SMILES string of the molecule is CC1CCC(C(=O)N2CC(Cn3nc4c(cc3=O)CCC4)C2)CC1. The van der Waals surface area contributed by atoms with E-state index in [2.05, 4.69) is 12.0 Å². The summed E-state index contributed by atoms with van der Waals surface area (Å²) in [6.07, 6.45) is 7.55. The molecule has 24 heavy (non-hydrogen) atoms. The fraction of sp³-hybridized carbons (Fsp3) is 0.737. The van der Waals surface area contributed by atoms with E-state index in [9.17, 15) is 9.59 Å². The molecule has 1 aliphatic heterocycles. The van der Waals surface area contributed by atoms with Gasteiger partial charge in [-0.2, -0.15) is 5.10 Å². The first kappa shape index (κ1) is 15.9. The van der Waals surface area contributed by atoms with E-state index < -0.39 is 0 Å². The smallest absolute Gasteiger partial charge is 0.267 e. The van der Waals surface area contributed by atoms with Gasteiger partial charge in [-0.15, -0.1) is 0 Å². The van der Waals surface area contributed by atoms with Crippen LogP contribution in [0.4, 0.5) is 0 Å². The van der Waals surface area contributed by atoms with Crippen molar-refractivity contribution in [2.24, 2.45) is 17.8 Å². The molecule has 0 atom stereocenters. The summed E-state index contributed by atoms with van der Waals surface area (Å²) in [5, 5.41) is 4.54. The maximum atomic E-state index is 12.5. The van der Waals surface area contributed by atoms with Gasteiger partial charge in [0.2, 0.25) is 5.91 Å². The highest BCUT2D eigenvalue weighted by atomic mass is 16.2. The Hall–Kier alpha value is -1.65. The summed E-state index contributed by atoms with van der Waals surface area (Å²) in [7, 11) is 0. The molecular formula is C19H27N3O2. The van der Waals surface area contributed by atoms with Gasteiger partial charge in [-0.25, -0.2) is 4.68 Å². The number of carbonyl (C=O) groups excluding carboxylic acids is 1. The number of hydrogen-bond donors (Lipinski definition) is 0. The number of likely N-dealkylation sites (tertiary alicyclic amines) is 1. The van der Waals surface area contributed by atoms with Gasteiger partial charge >= 0.3 is 0 Å². The van der Waals surface area contributed by atoms with Crippen molar-refractivity contribution in [1.82, 2.24) is 14.7 Å². The molecule has 2 aliphatic carbocycles. The Kier molecular flexibility index (Phi) is 4.19. The van der Waals surface area contributed by atoms with Crippen LogP contribution in [0.3, 0.4) is 0 Å². The first-order valence-corrected chi connectivity index (χ1v) is 9.49. The van der Waals surface area contributed by atoms with Crippen LogP contribution in [0.25, 0.3) is 0 Å². The third-order valence-electron chi connectivity index (χ3n) is 6.09. The van der Waals surface area contributed by atoms with Crippen molar-refractivity contribution >= 4 is 5.91 Å². The average molecular weight is 329 g/mol. The maximum Gasteiger partial charge on any atom is 0.267 e.